The van der Waals surface area contributed by atoms with Gasteiger partial charge in [-0.25, -0.2) is 8.42 Å². The molecule has 0 aliphatic rings. The first-order valence-electron chi connectivity index (χ1n) is 15.3. The van der Waals surface area contributed by atoms with E-state index in [1.165, 1.54) is 49.5 Å². The van der Waals surface area contributed by atoms with Gasteiger partial charge in [-0.3, -0.25) is 13.9 Å². The summed E-state index contributed by atoms with van der Waals surface area (Å²) in [5.41, 5.74) is 1.71. The van der Waals surface area contributed by atoms with Crippen LogP contribution in [-0.2, 0) is 32.6 Å². The molecule has 0 aliphatic heterocycles. The number of halogens is 2. The number of carbonyl (C=O) groups is 2. The van der Waals surface area contributed by atoms with E-state index in [9.17, 15) is 18.0 Å². The van der Waals surface area contributed by atoms with E-state index in [1.807, 2.05) is 44.2 Å². The third-order valence-electron chi connectivity index (χ3n) is 7.85. The minimum atomic E-state index is -4.37. The molecule has 0 spiro atoms. The largest absolute Gasteiger partial charge is 0.493 e. The molecule has 1 N–H and O–H groups in total. The van der Waals surface area contributed by atoms with E-state index in [2.05, 4.69) is 5.32 Å². The average molecular weight is 713 g/mol. The van der Waals surface area contributed by atoms with Gasteiger partial charge < -0.3 is 19.7 Å². The number of nitrogens with one attached hydrogen (secondary N) is 1. The number of anilines is 1. The van der Waals surface area contributed by atoms with Crippen LogP contribution in [0.4, 0.5) is 5.69 Å². The molecule has 0 aliphatic carbocycles. The van der Waals surface area contributed by atoms with E-state index in [0.29, 0.717) is 27.8 Å². The van der Waals surface area contributed by atoms with E-state index >= 15 is 0 Å². The Morgan fingerprint density at radius 1 is 0.812 bits per heavy atom. The molecule has 48 heavy (non-hydrogen) atoms. The molecule has 0 saturated heterocycles. The molecule has 0 heterocycles. The van der Waals surface area contributed by atoms with E-state index in [1.54, 1.807) is 36.4 Å². The number of nitrogens with zero attached hydrogens (tertiary/aromatic N) is 2. The highest BCUT2D eigenvalue weighted by molar-refractivity contribution is 7.92. The number of amides is 2. The summed E-state index contributed by atoms with van der Waals surface area (Å²) in [6.07, 6.45) is 0.874. The fourth-order valence-corrected chi connectivity index (χ4v) is 6.84. The van der Waals surface area contributed by atoms with Gasteiger partial charge in [-0.2, -0.15) is 0 Å². The third-order valence-corrected chi connectivity index (χ3v) is 10.1. The number of ether oxygens (including phenoxy) is 2. The second-order valence-corrected chi connectivity index (χ2v) is 13.9. The van der Waals surface area contributed by atoms with Crippen molar-refractivity contribution in [3.05, 3.63) is 118 Å². The van der Waals surface area contributed by atoms with Crippen molar-refractivity contribution in [1.82, 2.24) is 10.2 Å². The lowest BCUT2D eigenvalue weighted by Crippen LogP contribution is -2.54. The molecule has 9 nitrogen and oxygen atoms in total. The van der Waals surface area contributed by atoms with Crippen molar-refractivity contribution in [1.29, 1.82) is 0 Å². The van der Waals surface area contributed by atoms with Crippen molar-refractivity contribution in [2.45, 2.75) is 50.2 Å². The molecule has 2 atom stereocenters. The molecule has 0 radical (unpaired) electrons. The Bertz CT molecular complexity index is 1810. The number of hydrogen-bond acceptors (Lipinski definition) is 6. The first kappa shape index (κ1) is 36.6. The Labute approximate surface area is 292 Å². The Kier molecular flexibility index (Phi) is 12.7. The Morgan fingerprint density at radius 3 is 2.10 bits per heavy atom. The van der Waals surface area contributed by atoms with Crippen LogP contribution >= 0.6 is 23.2 Å². The minimum Gasteiger partial charge on any atom is -0.493 e. The lowest BCUT2D eigenvalue weighted by molar-refractivity contribution is -0.140. The average Bonchev–Trinajstić information content (AvgIpc) is 3.09. The van der Waals surface area contributed by atoms with Gasteiger partial charge >= 0.3 is 0 Å². The zero-order valence-electron chi connectivity index (χ0n) is 27.2. The molecule has 0 unspecified atom stereocenters. The van der Waals surface area contributed by atoms with Crippen molar-refractivity contribution >= 4 is 50.7 Å². The zero-order valence-corrected chi connectivity index (χ0v) is 29.6. The van der Waals surface area contributed by atoms with E-state index in [-0.39, 0.29) is 41.2 Å². The second kappa shape index (κ2) is 16.7. The number of hydrogen-bond donors (Lipinski definition) is 1. The van der Waals surface area contributed by atoms with Gasteiger partial charge in [-0.15, -0.1) is 0 Å². The van der Waals surface area contributed by atoms with Crippen LogP contribution in [0.25, 0.3) is 0 Å². The van der Waals surface area contributed by atoms with Gasteiger partial charge in [0.2, 0.25) is 11.8 Å². The van der Waals surface area contributed by atoms with Crippen LogP contribution < -0.4 is 19.1 Å². The third kappa shape index (κ3) is 9.21. The number of methoxy groups -OCH3 is 2. The maximum atomic E-state index is 14.6. The molecule has 4 aromatic carbocycles. The highest BCUT2D eigenvalue weighted by Crippen LogP contribution is 2.33. The van der Waals surface area contributed by atoms with Gasteiger partial charge in [-0.05, 0) is 73.0 Å². The van der Waals surface area contributed by atoms with Crippen LogP contribution in [0.3, 0.4) is 0 Å². The molecule has 0 fully saturated rings. The van der Waals surface area contributed by atoms with Crippen LogP contribution in [0.15, 0.2) is 102 Å². The normalized spacial score (nSPS) is 12.5. The van der Waals surface area contributed by atoms with Crippen LogP contribution in [0.5, 0.6) is 11.5 Å². The Hall–Kier alpha value is -4.25. The van der Waals surface area contributed by atoms with Crippen LogP contribution in [-0.4, -0.2) is 58.0 Å². The van der Waals surface area contributed by atoms with Gasteiger partial charge in [0, 0.05) is 35.1 Å². The molecule has 0 saturated carbocycles. The van der Waals surface area contributed by atoms with E-state index in [0.717, 1.165) is 9.87 Å². The molecule has 0 bridgehead atoms. The monoisotopic (exact) mass is 711 g/mol. The SMILES string of the molecule is CC[C@H](C)NC(=O)[C@@H](Cc1ccccc1)N(Cc1cccc(Cl)c1)C(=O)CN(c1ccc(Cl)cc1)S(=O)(=O)c1ccc(OC)c(OC)c1. The fourth-order valence-electron chi connectivity index (χ4n) is 5.07. The zero-order chi connectivity index (χ0) is 34.8. The summed E-state index contributed by atoms with van der Waals surface area (Å²) in [7, 11) is -1.53. The lowest BCUT2D eigenvalue weighted by Gasteiger charge is -2.34. The molecule has 4 rings (SSSR count). The van der Waals surface area contributed by atoms with Crippen molar-refractivity contribution in [3.8, 4) is 11.5 Å². The van der Waals surface area contributed by atoms with Gasteiger partial charge in [-0.1, -0.05) is 72.6 Å². The highest BCUT2D eigenvalue weighted by Gasteiger charge is 2.35. The Morgan fingerprint density at radius 2 is 1.48 bits per heavy atom. The first-order valence-corrected chi connectivity index (χ1v) is 17.5. The predicted octanol–water partition coefficient (Wildman–Crippen LogP) is 6.76. The molecular formula is C36H39Cl2N3O6S. The van der Waals surface area contributed by atoms with Crippen molar-refractivity contribution in [2.75, 3.05) is 25.1 Å². The van der Waals surface area contributed by atoms with Crippen LogP contribution in [0, 0.1) is 0 Å². The van der Waals surface area contributed by atoms with Crippen molar-refractivity contribution in [3.63, 3.8) is 0 Å². The van der Waals surface area contributed by atoms with Gasteiger partial charge in [0.25, 0.3) is 10.0 Å². The highest BCUT2D eigenvalue weighted by atomic mass is 35.5. The Balaban J connectivity index is 1.83. The van der Waals surface area contributed by atoms with Gasteiger partial charge in [0.05, 0.1) is 24.8 Å². The number of benzene rings is 4. The topological polar surface area (TPSA) is 105 Å². The molecule has 2 amide bonds. The minimum absolute atomic E-state index is 0.00428. The molecule has 4 aromatic rings. The van der Waals surface area contributed by atoms with Gasteiger partial charge in [0.15, 0.2) is 11.5 Å². The quantitative estimate of drug-likeness (QED) is 0.146. The summed E-state index contributed by atoms with van der Waals surface area (Å²) >= 11 is 12.5. The summed E-state index contributed by atoms with van der Waals surface area (Å²) in [5.74, 6) is -0.416. The number of rotatable bonds is 15. The van der Waals surface area contributed by atoms with Crippen LogP contribution in [0.1, 0.15) is 31.4 Å². The number of sulfonamides is 1. The maximum Gasteiger partial charge on any atom is 0.264 e. The van der Waals surface area contributed by atoms with Crippen LogP contribution in [0.2, 0.25) is 10.0 Å². The molecule has 0 aromatic heterocycles. The summed E-state index contributed by atoms with van der Waals surface area (Å²) in [6, 6.07) is 25.5. The van der Waals surface area contributed by atoms with E-state index in [4.69, 9.17) is 32.7 Å². The number of carbonyl (C=O) groups excluding carboxylic acids is 2. The summed E-state index contributed by atoms with van der Waals surface area (Å²) in [4.78, 5) is 29.9. The first-order chi connectivity index (χ1) is 23.0. The molecular weight excluding hydrogens is 673 g/mol. The fraction of sp³-hybridized carbons (Fsp3) is 0.278. The van der Waals surface area contributed by atoms with Gasteiger partial charge in [0.1, 0.15) is 12.6 Å². The molecule has 12 heteroatoms. The second-order valence-electron chi connectivity index (χ2n) is 11.2. The predicted molar refractivity (Wildman–Crippen MR) is 189 cm³/mol. The smallest absolute Gasteiger partial charge is 0.264 e. The van der Waals surface area contributed by atoms with Crippen molar-refractivity contribution in [2.24, 2.45) is 0 Å². The maximum absolute atomic E-state index is 14.6. The van der Waals surface area contributed by atoms with E-state index < -0.39 is 28.5 Å². The lowest BCUT2D eigenvalue weighted by atomic mass is 10.0. The molecule has 254 valence electrons. The summed E-state index contributed by atoms with van der Waals surface area (Å²) in [5, 5.41) is 3.87. The van der Waals surface area contributed by atoms with Crippen molar-refractivity contribution < 1.29 is 27.5 Å². The standard InChI is InChI=1S/C36H39Cl2N3O6S/c1-5-25(2)39-36(43)32(21-26-10-7-6-8-11-26)40(23-27-12-9-13-29(38)20-27)35(42)24-41(30-16-14-28(37)15-17-30)48(44,45)31-18-19-33(46-3)34(22-31)47-4/h6-20,22,25,32H,5,21,23-24H2,1-4H3,(H,39,43)/t25-,32+/m0/s1. The summed E-state index contributed by atoms with van der Waals surface area (Å²) in [6.45, 7) is 3.21. The summed E-state index contributed by atoms with van der Waals surface area (Å²) < 4.78 is 40.4.